The minimum absolute atomic E-state index is 0.381. The summed E-state index contributed by atoms with van der Waals surface area (Å²) in [6.07, 6.45) is 4.88. The van der Waals surface area contributed by atoms with Gasteiger partial charge in [0.1, 0.15) is 0 Å². The molecule has 0 spiro atoms. The number of carbonyl (C=O) groups is 1. The number of fused-ring (bicyclic) bond motifs is 2. The van der Waals surface area contributed by atoms with Crippen molar-refractivity contribution in [2.24, 2.45) is 11.8 Å². The van der Waals surface area contributed by atoms with Crippen LogP contribution in [0, 0.1) is 11.8 Å². The van der Waals surface area contributed by atoms with Crippen molar-refractivity contribution in [2.75, 3.05) is 0 Å². The Bertz CT molecular complexity index is 473. The van der Waals surface area contributed by atoms with Crippen molar-refractivity contribution >= 4 is 14.3 Å². The molecule has 23 heavy (non-hydrogen) atoms. The number of aliphatic carboxylic acids is 1. The third kappa shape index (κ3) is 2.93. The Morgan fingerprint density at radius 1 is 1.22 bits per heavy atom. The second-order valence-electron chi connectivity index (χ2n) is 8.63. The lowest BCUT2D eigenvalue weighted by Crippen LogP contribution is -2.60. The predicted molar refractivity (Wildman–Crippen MR) is 97.1 cm³/mol. The van der Waals surface area contributed by atoms with E-state index in [2.05, 4.69) is 54.5 Å². The fourth-order valence-corrected chi connectivity index (χ4v) is 11.1. The highest BCUT2D eigenvalue weighted by Gasteiger charge is 2.57. The van der Waals surface area contributed by atoms with Gasteiger partial charge in [0.15, 0.2) is 0 Å². The van der Waals surface area contributed by atoms with Crippen molar-refractivity contribution < 1.29 is 14.3 Å². The number of carboxylic acids is 1. The number of allylic oxidation sites excluding steroid dienone is 1. The molecule has 4 heteroatoms. The molecule has 1 saturated carbocycles. The molecule has 0 radical (unpaired) electrons. The first kappa shape index (κ1) is 18.7. The van der Waals surface area contributed by atoms with E-state index in [1.165, 1.54) is 5.57 Å². The van der Waals surface area contributed by atoms with Crippen molar-refractivity contribution in [1.82, 2.24) is 0 Å². The van der Waals surface area contributed by atoms with Gasteiger partial charge in [0.2, 0.25) is 8.32 Å². The lowest BCUT2D eigenvalue weighted by molar-refractivity contribution is -0.153. The molecule has 0 heterocycles. The monoisotopic (exact) mass is 338 g/mol. The Kier molecular flexibility index (Phi) is 5.18. The molecule has 3 aliphatic carbocycles. The second-order valence-corrected chi connectivity index (χ2v) is 14.0. The normalized spacial score (nSPS) is 31.1. The molecule has 0 aromatic carbocycles. The molecule has 0 aromatic heterocycles. The van der Waals surface area contributed by atoms with E-state index in [-0.39, 0.29) is 5.92 Å². The zero-order chi connectivity index (χ0) is 17.6. The van der Waals surface area contributed by atoms with E-state index in [1.807, 2.05) is 0 Å². The summed E-state index contributed by atoms with van der Waals surface area (Å²) in [4.78, 5) is 12.0. The fourth-order valence-electron chi connectivity index (χ4n) is 5.41. The second kappa shape index (κ2) is 6.36. The Labute approximate surface area is 142 Å². The molecule has 1 N–H and O–H groups in total. The van der Waals surface area contributed by atoms with Crippen molar-refractivity contribution in [3.63, 3.8) is 0 Å². The van der Waals surface area contributed by atoms with Gasteiger partial charge >= 0.3 is 5.97 Å². The van der Waals surface area contributed by atoms with Gasteiger partial charge in [0.25, 0.3) is 0 Å². The summed E-state index contributed by atoms with van der Waals surface area (Å²) in [5.74, 6) is -0.625. The van der Waals surface area contributed by atoms with E-state index in [9.17, 15) is 9.90 Å². The molecule has 132 valence electrons. The Hall–Kier alpha value is -0.613. The van der Waals surface area contributed by atoms with Gasteiger partial charge in [0, 0.05) is 0 Å². The minimum atomic E-state index is -2.11. The molecule has 0 unspecified atom stereocenters. The van der Waals surface area contributed by atoms with Crippen LogP contribution in [0.25, 0.3) is 0 Å². The number of rotatable bonds is 6. The molecule has 3 aliphatic rings. The summed E-state index contributed by atoms with van der Waals surface area (Å²) < 4.78 is 7.06. The highest BCUT2D eigenvalue weighted by Crippen LogP contribution is 2.54. The van der Waals surface area contributed by atoms with Gasteiger partial charge in [-0.1, -0.05) is 53.2 Å². The van der Waals surface area contributed by atoms with Crippen molar-refractivity contribution in [2.45, 2.75) is 90.0 Å². The van der Waals surface area contributed by atoms with Crippen LogP contribution in [-0.4, -0.2) is 25.0 Å². The van der Waals surface area contributed by atoms with Crippen LogP contribution in [0.1, 0.15) is 67.7 Å². The standard InChI is InChI=1S/C19H34O3Si/c1-12(2)23(13(3)4,14(5)6)22-19-9-8-16(15(7)11-19)10-17(19)18(20)21/h11-14,16-17H,8-10H2,1-7H3,(H,20,21)/t16-,17+,19+/m1/s1. The average Bonchev–Trinajstić information content (AvgIpc) is 2.43. The summed E-state index contributed by atoms with van der Waals surface area (Å²) in [5, 5.41) is 9.83. The van der Waals surface area contributed by atoms with E-state index in [4.69, 9.17) is 4.43 Å². The highest BCUT2D eigenvalue weighted by atomic mass is 28.4. The van der Waals surface area contributed by atoms with Crippen LogP contribution in [0.5, 0.6) is 0 Å². The molecular weight excluding hydrogens is 304 g/mol. The molecule has 3 atom stereocenters. The molecule has 0 aromatic rings. The predicted octanol–water partition coefficient (Wildman–Crippen LogP) is 5.38. The van der Waals surface area contributed by atoms with Gasteiger partial charge in [0.05, 0.1) is 11.5 Å². The van der Waals surface area contributed by atoms with E-state index in [1.54, 1.807) is 0 Å². The largest absolute Gasteiger partial charge is 0.481 e. The highest BCUT2D eigenvalue weighted by molar-refractivity contribution is 6.77. The van der Waals surface area contributed by atoms with Gasteiger partial charge in [-0.2, -0.15) is 0 Å². The zero-order valence-corrected chi connectivity index (χ0v) is 16.8. The smallest absolute Gasteiger partial charge is 0.309 e. The van der Waals surface area contributed by atoms with Gasteiger partial charge in [-0.15, -0.1) is 0 Å². The Balaban J connectivity index is 2.51. The minimum Gasteiger partial charge on any atom is -0.481 e. The Morgan fingerprint density at radius 2 is 1.74 bits per heavy atom. The molecule has 0 aliphatic heterocycles. The van der Waals surface area contributed by atoms with Gasteiger partial charge in [-0.05, 0) is 48.7 Å². The number of hydrogen-bond donors (Lipinski definition) is 1. The molecular formula is C19H34O3Si. The van der Waals surface area contributed by atoms with Crippen molar-refractivity contribution in [3.05, 3.63) is 11.6 Å². The van der Waals surface area contributed by atoms with Crippen LogP contribution in [-0.2, 0) is 9.22 Å². The summed E-state index contributed by atoms with van der Waals surface area (Å²) in [5.41, 5.74) is 2.18. The molecule has 0 amide bonds. The average molecular weight is 339 g/mol. The SMILES string of the molecule is CC1=C[C@@]2(O[Si](C(C)C)(C(C)C)C(C)C)CC[C@@H]1C[C@H]2C(=O)O. The van der Waals surface area contributed by atoms with Crippen LogP contribution < -0.4 is 0 Å². The van der Waals surface area contributed by atoms with Crippen LogP contribution in [0.4, 0.5) is 0 Å². The number of hydrogen-bond acceptors (Lipinski definition) is 2. The summed E-state index contributed by atoms with van der Waals surface area (Å²) in [7, 11) is -2.11. The van der Waals surface area contributed by atoms with Crippen LogP contribution in [0.15, 0.2) is 11.6 Å². The van der Waals surface area contributed by atoms with Crippen molar-refractivity contribution in [1.29, 1.82) is 0 Å². The first-order valence-electron chi connectivity index (χ1n) is 9.19. The maximum atomic E-state index is 12.0. The third-order valence-electron chi connectivity index (χ3n) is 6.48. The Morgan fingerprint density at radius 3 is 2.13 bits per heavy atom. The first-order chi connectivity index (χ1) is 10.6. The summed E-state index contributed by atoms with van der Waals surface area (Å²) in [6.45, 7) is 15.8. The third-order valence-corrected chi connectivity index (χ3v) is 12.6. The molecule has 3 rings (SSSR count). The van der Waals surface area contributed by atoms with Crippen LogP contribution >= 0.6 is 0 Å². The topological polar surface area (TPSA) is 46.5 Å². The lowest BCUT2D eigenvalue weighted by atomic mass is 9.63. The summed E-state index contributed by atoms with van der Waals surface area (Å²) >= 11 is 0. The zero-order valence-electron chi connectivity index (χ0n) is 15.8. The van der Waals surface area contributed by atoms with Gasteiger partial charge in [-0.3, -0.25) is 4.79 Å². The van der Waals surface area contributed by atoms with Crippen LogP contribution in [0.3, 0.4) is 0 Å². The summed E-state index contributed by atoms with van der Waals surface area (Å²) in [6, 6.07) is 0. The van der Waals surface area contributed by atoms with Gasteiger partial charge < -0.3 is 9.53 Å². The van der Waals surface area contributed by atoms with E-state index in [0.717, 1.165) is 19.3 Å². The fraction of sp³-hybridized carbons (Fsp3) is 0.842. The molecule has 2 bridgehead atoms. The maximum absolute atomic E-state index is 12.0. The quantitative estimate of drug-likeness (QED) is 0.522. The molecule has 1 fully saturated rings. The van der Waals surface area contributed by atoms with E-state index < -0.39 is 19.9 Å². The molecule has 3 nitrogen and oxygen atoms in total. The van der Waals surface area contributed by atoms with Crippen LogP contribution in [0.2, 0.25) is 16.6 Å². The van der Waals surface area contributed by atoms with E-state index in [0.29, 0.717) is 22.5 Å². The number of carboxylic acid groups (broad SMARTS) is 1. The van der Waals surface area contributed by atoms with Crippen molar-refractivity contribution in [3.8, 4) is 0 Å². The van der Waals surface area contributed by atoms with Gasteiger partial charge in [-0.25, -0.2) is 0 Å². The van der Waals surface area contributed by atoms with E-state index >= 15 is 0 Å². The first-order valence-corrected chi connectivity index (χ1v) is 11.3. The lowest BCUT2D eigenvalue weighted by Gasteiger charge is -2.55. The molecule has 0 saturated heterocycles. The maximum Gasteiger partial charge on any atom is 0.309 e.